The molecule has 134 valence electrons. The van der Waals surface area contributed by atoms with E-state index in [0.29, 0.717) is 13.1 Å². The Morgan fingerprint density at radius 3 is 2.73 bits per heavy atom. The largest absolute Gasteiger partial charge is 0.341 e. The predicted octanol–water partition coefficient (Wildman–Crippen LogP) is 4.11. The lowest BCUT2D eigenvalue weighted by Crippen LogP contribution is -2.27. The number of allylic oxidation sites excluding steroid dienone is 1. The second-order valence-corrected chi connectivity index (χ2v) is 6.89. The highest BCUT2D eigenvalue weighted by Crippen LogP contribution is 2.24. The maximum Gasteiger partial charge on any atom is 0.233 e. The number of nitrogens with zero attached hydrogens (tertiary/aromatic N) is 3. The Hall–Kier alpha value is -2.60. The van der Waals surface area contributed by atoms with Crippen LogP contribution in [0, 0.1) is 5.82 Å². The topological polar surface area (TPSA) is 38.1 Å². The van der Waals surface area contributed by atoms with Crippen molar-refractivity contribution in [2.75, 3.05) is 12.8 Å². The van der Waals surface area contributed by atoms with Crippen LogP contribution >= 0.6 is 11.8 Å². The second-order valence-electron chi connectivity index (χ2n) is 5.95. The molecular formula is C20H20FN3OS. The van der Waals surface area contributed by atoms with E-state index in [4.69, 9.17) is 0 Å². The summed E-state index contributed by atoms with van der Waals surface area (Å²) in [4.78, 5) is 18.7. The number of carbonyl (C=O) groups excluding carboxylic acids is 1. The molecule has 6 heteroatoms. The van der Waals surface area contributed by atoms with Gasteiger partial charge in [-0.3, -0.25) is 4.79 Å². The van der Waals surface area contributed by atoms with Gasteiger partial charge in [0.1, 0.15) is 5.82 Å². The lowest BCUT2D eigenvalue weighted by atomic mass is 10.2. The van der Waals surface area contributed by atoms with Crippen molar-refractivity contribution in [3.8, 4) is 0 Å². The number of aromatic nitrogens is 2. The molecule has 1 heterocycles. The summed E-state index contributed by atoms with van der Waals surface area (Å²) in [5.41, 5.74) is 2.83. The lowest BCUT2D eigenvalue weighted by molar-refractivity contribution is -0.127. The first kappa shape index (κ1) is 18.2. The molecule has 0 unspecified atom stereocenters. The molecule has 0 aliphatic rings. The van der Waals surface area contributed by atoms with Crippen LogP contribution in [-0.2, 0) is 17.9 Å². The first-order chi connectivity index (χ1) is 12.6. The summed E-state index contributed by atoms with van der Waals surface area (Å²) in [6.07, 6.45) is 1.82. The van der Waals surface area contributed by atoms with E-state index in [-0.39, 0.29) is 17.5 Å². The molecular weight excluding hydrogens is 349 g/mol. The van der Waals surface area contributed by atoms with Crippen molar-refractivity contribution in [3.05, 3.63) is 72.6 Å². The highest BCUT2D eigenvalue weighted by molar-refractivity contribution is 7.99. The fraction of sp³-hybridized carbons (Fsp3) is 0.200. The Morgan fingerprint density at radius 2 is 2.00 bits per heavy atom. The quantitative estimate of drug-likeness (QED) is 0.465. The molecule has 1 amide bonds. The van der Waals surface area contributed by atoms with E-state index in [0.717, 1.165) is 21.8 Å². The van der Waals surface area contributed by atoms with Crippen molar-refractivity contribution in [1.82, 2.24) is 14.5 Å². The number of hydrogen-bond donors (Lipinski definition) is 0. The molecule has 0 atom stereocenters. The molecule has 3 aromatic rings. The molecule has 1 aromatic heterocycles. The first-order valence-electron chi connectivity index (χ1n) is 8.26. The molecule has 0 fully saturated rings. The van der Waals surface area contributed by atoms with Crippen LogP contribution in [-0.4, -0.2) is 33.2 Å². The van der Waals surface area contributed by atoms with Gasteiger partial charge in [0.05, 0.1) is 16.8 Å². The molecule has 26 heavy (non-hydrogen) atoms. The molecule has 2 aromatic carbocycles. The van der Waals surface area contributed by atoms with Gasteiger partial charge in [-0.05, 0) is 29.8 Å². The number of benzene rings is 2. The van der Waals surface area contributed by atoms with E-state index in [9.17, 15) is 9.18 Å². The first-order valence-corrected chi connectivity index (χ1v) is 9.24. The van der Waals surface area contributed by atoms with Crippen molar-refractivity contribution >= 4 is 28.7 Å². The molecule has 0 aliphatic heterocycles. The summed E-state index contributed by atoms with van der Waals surface area (Å²) in [6, 6.07) is 14.1. The highest BCUT2D eigenvalue weighted by Gasteiger charge is 2.14. The molecule has 0 saturated carbocycles. The van der Waals surface area contributed by atoms with Crippen molar-refractivity contribution in [1.29, 1.82) is 0 Å². The number of halogens is 1. The van der Waals surface area contributed by atoms with Gasteiger partial charge in [-0.1, -0.05) is 42.1 Å². The SMILES string of the molecule is C=CCn1c(SCC(=O)N(C)Cc2ccc(F)cc2)nc2ccccc21. The third-order valence-corrected chi connectivity index (χ3v) is 4.98. The summed E-state index contributed by atoms with van der Waals surface area (Å²) in [6.45, 7) is 4.89. The molecule has 4 nitrogen and oxygen atoms in total. The summed E-state index contributed by atoms with van der Waals surface area (Å²) < 4.78 is 15.0. The monoisotopic (exact) mass is 369 g/mol. The van der Waals surface area contributed by atoms with Gasteiger partial charge < -0.3 is 9.47 Å². The molecule has 0 saturated heterocycles. The number of imidazole rings is 1. The van der Waals surface area contributed by atoms with Gasteiger partial charge in [0.2, 0.25) is 5.91 Å². The number of fused-ring (bicyclic) bond motifs is 1. The van der Waals surface area contributed by atoms with Crippen LogP contribution < -0.4 is 0 Å². The van der Waals surface area contributed by atoms with E-state index < -0.39 is 0 Å². The van der Waals surface area contributed by atoms with Gasteiger partial charge in [0, 0.05) is 20.1 Å². The predicted molar refractivity (Wildman–Crippen MR) is 104 cm³/mol. The summed E-state index contributed by atoms with van der Waals surface area (Å²) in [5, 5.41) is 0.801. The van der Waals surface area contributed by atoms with E-state index in [1.54, 1.807) is 24.1 Å². The summed E-state index contributed by atoms with van der Waals surface area (Å²) in [5.74, 6) is 0.00830. The second kappa shape index (κ2) is 8.19. The number of para-hydroxylation sites is 2. The van der Waals surface area contributed by atoms with E-state index in [2.05, 4.69) is 16.1 Å². The zero-order valence-electron chi connectivity index (χ0n) is 14.6. The van der Waals surface area contributed by atoms with Crippen molar-refractivity contribution in [2.24, 2.45) is 0 Å². The Labute approximate surface area is 156 Å². The van der Waals surface area contributed by atoms with Crippen molar-refractivity contribution in [3.63, 3.8) is 0 Å². The van der Waals surface area contributed by atoms with Crippen LogP contribution in [0.3, 0.4) is 0 Å². The number of thioether (sulfide) groups is 1. The van der Waals surface area contributed by atoms with Gasteiger partial charge in [0.15, 0.2) is 5.16 Å². The molecule has 0 aliphatic carbocycles. The van der Waals surface area contributed by atoms with Gasteiger partial charge in [-0.25, -0.2) is 9.37 Å². The summed E-state index contributed by atoms with van der Waals surface area (Å²) in [7, 11) is 1.75. The molecule has 0 N–H and O–H groups in total. The van der Waals surface area contributed by atoms with Crippen LogP contribution in [0.5, 0.6) is 0 Å². The number of hydrogen-bond acceptors (Lipinski definition) is 3. The van der Waals surface area contributed by atoms with Crippen LogP contribution in [0.1, 0.15) is 5.56 Å². The molecule has 0 radical (unpaired) electrons. The van der Waals surface area contributed by atoms with Crippen LogP contribution in [0.2, 0.25) is 0 Å². The normalized spacial score (nSPS) is 10.8. The third kappa shape index (κ3) is 4.14. The zero-order valence-corrected chi connectivity index (χ0v) is 15.4. The van der Waals surface area contributed by atoms with Gasteiger partial charge in [-0.15, -0.1) is 6.58 Å². The average Bonchev–Trinajstić information content (AvgIpc) is 2.99. The Balaban J connectivity index is 1.67. The Morgan fingerprint density at radius 1 is 1.27 bits per heavy atom. The lowest BCUT2D eigenvalue weighted by Gasteiger charge is -2.17. The van der Waals surface area contributed by atoms with Crippen molar-refractivity contribution in [2.45, 2.75) is 18.2 Å². The average molecular weight is 369 g/mol. The Bertz CT molecular complexity index is 920. The number of rotatable bonds is 7. The molecule has 0 bridgehead atoms. The van der Waals surface area contributed by atoms with E-state index in [1.807, 2.05) is 30.3 Å². The van der Waals surface area contributed by atoms with Crippen LogP contribution in [0.15, 0.2) is 66.3 Å². The number of carbonyl (C=O) groups is 1. The fourth-order valence-corrected chi connectivity index (χ4v) is 3.62. The van der Waals surface area contributed by atoms with Crippen LogP contribution in [0.4, 0.5) is 4.39 Å². The van der Waals surface area contributed by atoms with Gasteiger partial charge in [-0.2, -0.15) is 0 Å². The number of amides is 1. The van der Waals surface area contributed by atoms with E-state index in [1.165, 1.54) is 23.9 Å². The van der Waals surface area contributed by atoms with Crippen LogP contribution in [0.25, 0.3) is 11.0 Å². The van der Waals surface area contributed by atoms with Crippen molar-refractivity contribution < 1.29 is 9.18 Å². The smallest absolute Gasteiger partial charge is 0.233 e. The van der Waals surface area contributed by atoms with Gasteiger partial charge >= 0.3 is 0 Å². The maximum atomic E-state index is 13.0. The minimum Gasteiger partial charge on any atom is -0.341 e. The third-order valence-electron chi connectivity index (χ3n) is 4.01. The maximum absolute atomic E-state index is 13.0. The summed E-state index contributed by atoms with van der Waals surface area (Å²) >= 11 is 1.42. The zero-order chi connectivity index (χ0) is 18.5. The molecule has 0 spiro atoms. The Kier molecular flexibility index (Phi) is 5.73. The molecule has 3 rings (SSSR count). The highest BCUT2D eigenvalue weighted by atomic mass is 32.2. The standard InChI is InChI=1S/C20H20FN3OS/c1-3-12-24-18-7-5-4-6-17(18)22-20(24)26-14-19(25)23(2)13-15-8-10-16(21)11-9-15/h3-11H,1,12-14H2,2H3. The fourth-order valence-electron chi connectivity index (χ4n) is 2.66. The minimum absolute atomic E-state index is 0.00321. The van der Waals surface area contributed by atoms with Gasteiger partial charge in [0.25, 0.3) is 0 Å². The minimum atomic E-state index is -0.278. The van der Waals surface area contributed by atoms with E-state index >= 15 is 0 Å².